The fraction of sp³-hybridized carbons (Fsp3) is 0.100. The number of rotatable bonds is 6. The minimum Gasteiger partial charge on any atom is -0.496 e. The molecule has 1 heterocycles. The first-order valence-corrected chi connectivity index (χ1v) is 8.05. The zero-order valence-electron chi connectivity index (χ0n) is 14.2. The number of carbonyl (C=O) groups excluding carboxylic acids is 1. The summed E-state index contributed by atoms with van der Waals surface area (Å²) >= 11 is 0. The molecule has 2 aromatic carbocycles. The summed E-state index contributed by atoms with van der Waals surface area (Å²) in [5.74, 6) is 0.376. The van der Waals surface area contributed by atoms with Gasteiger partial charge in [-0.3, -0.25) is 4.79 Å². The summed E-state index contributed by atoms with van der Waals surface area (Å²) in [5, 5.41) is 5.82. The summed E-state index contributed by atoms with van der Waals surface area (Å²) in [7, 11) is 1.63. The Morgan fingerprint density at radius 2 is 1.85 bits per heavy atom. The Balaban J connectivity index is 1.62. The van der Waals surface area contributed by atoms with Crippen LogP contribution in [-0.4, -0.2) is 18.0 Å². The first-order valence-electron chi connectivity index (χ1n) is 8.05. The maximum absolute atomic E-state index is 13.6. The molecule has 3 rings (SSSR count). The summed E-state index contributed by atoms with van der Waals surface area (Å²) < 4.78 is 18.9. The van der Waals surface area contributed by atoms with Crippen LogP contribution in [0.5, 0.6) is 5.75 Å². The number of ether oxygens (including phenoxy) is 1. The first-order chi connectivity index (χ1) is 12.7. The van der Waals surface area contributed by atoms with E-state index in [9.17, 15) is 9.18 Å². The lowest BCUT2D eigenvalue weighted by Gasteiger charge is -2.10. The number of halogens is 1. The van der Waals surface area contributed by atoms with Gasteiger partial charge in [0.15, 0.2) is 0 Å². The Kier molecular flexibility index (Phi) is 5.43. The van der Waals surface area contributed by atoms with Crippen molar-refractivity contribution in [3.05, 3.63) is 83.8 Å². The molecule has 0 bridgehead atoms. The van der Waals surface area contributed by atoms with Crippen LogP contribution in [0.3, 0.4) is 0 Å². The van der Waals surface area contributed by atoms with Crippen molar-refractivity contribution in [3.63, 3.8) is 0 Å². The summed E-state index contributed by atoms with van der Waals surface area (Å²) in [5.41, 5.74) is 1.49. The molecule has 2 N–H and O–H groups in total. The van der Waals surface area contributed by atoms with E-state index in [1.165, 1.54) is 24.4 Å². The first kappa shape index (κ1) is 17.4. The zero-order valence-corrected chi connectivity index (χ0v) is 14.2. The number of aromatic nitrogens is 1. The number of nitrogens with one attached hydrogen (secondary N) is 2. The molecular weight excluding hydrogens is 333 g/mol. The van der Waals surface area contributed by atoms with Gasteiger partial charge in [0.05, 0.1) is 24.6 Å². The third kappa shape index (κ3) is 4.16. The molecule has 0 unspecified atom stereocenters. The van der Waals surface area contributed by atoms with Gasteiger partial charge in [0.25, 0.3) is 5.91 Å². The van der Waals surface area contributed by atoms with E-state index in [0.29, 0.717) is 18.1 Å². The molecule has 5 nitrogen and oxygen atoms in total. The zero-order chi connectivity index (χ0) is 18.4. The van der Waals surface area contributed by atoms with Crippen molar-refractivity contribution < 1.29 is 13.9 Å². The van der Waals surface area contributed by atoms with Crippen LogP contribution in [0.15, 0.2) is 66.9 Å². The van der Waals surface area contributed by atoms with Crippen LogP contribution in [0.4, 0.5) is 15.9 Å². The van der Waals surface area contributed by atoms with Crippen LogP contribution < -0.4 is 15.4 Å². The third-order valence-electron chi connectivity index (χ3n) is 3.79. The number of anilines is 2. The molecule has 0 atom stereocenters. The highest BCUT2D eigenvalue weighted by atomic mass is 19.1. The Labute approximate surface area is 150 Å². The predicted octanol–water partition coefficient (Wildman–Crippen LogP) is 4.09. The quantitative estimate of drug-likeness (QED) is 0.702. The van der Waals surface area contributed by atoms with Crippen molar-refractivity contribution in [1.82, 2.24) is 4.98 Å². The van der Waals surface area contributed by atoms with Gasteiger partial charge in [-0.05, 0) is 30.3 Å². The minimum absolute atomic E-state index is 0.00845. The molecule has 132 valence electrons. The van der Waals surface area contributed by atoms with Crippen molar-refractivity contribution in [2.45, 2.75) is 6.54 Å². The fourth-order valence-corrected chi connectivity index (χ4v) is 2.45. The molecular formula is C20H18FN3O2. The monoisotopic (exact) mass is 351 g/mol. The van der Waals surface area contributed by atoms with Gasteiger partial charge < -0.3 is 15.4 Å². The highest BCUT2D eigenvalue weighted by Gasteiger charge is 2.11. The number of benzene rings is 2. The van der Waals surface area contributed by atoms with E-state index in [1.807, 2.05) is 24.3 Å². The molecule has 1 amide bonds. The number of methoxy groups -OCH3 is 1. The number of carbonyl (C=O) groups is 1. The molecule has 1 aromatic heterocycles. The maximum atomic E-state index is 13.6. The summed E-state index contributed by atoms with van der Waals surface area (Å²) in [6.45, 7) is 0.554. The lowest BCUT2D eigenvalue weighted by molar-refractivity contribution is 0.102. The van der Waals surface area contributed by atoms with Gasteiger partial charge in [-0.1, -0.05) is 30.3 Å². The van der Waals surface area contributed by atoms with Crippen LogP contribution in [0.2, 0.25) is 0 Å². The highest BCUT2D eigenvalue weighted by molar-refractivity contribution is 6.04. The predicted molar refractivity (Wildman–Crippen MR) is 98.9 cm³/mol. The number of pyridine rings is 1. The van der Waals surface area contributed by atoms with E-state index >= 15 is 0 Å². The normalized spacial score (nSPS) is 10.2. The minimum atomic E-state index is -0.562. The second kappa shape index (κ2) is 8.11. The van der Waals surface area contributed by atoms with Crippen LogP contribution in [-0.2, 0) is 6.54 Å². The van der Waals surface area contributed by atoms with Gasteiger partial charge in [0.2, 0.25) is 0 Å². The Bertz CT molecular complexity index is 898. The van der Waals surface area contributed by atoms with Crippen LogP contribution in [0, 0.1) is 5.82 Å². The van der Waals surface area contributed by atoms with Crippen LogP contribution >= 0.6 is 0 Å². The SMILES string of the molecule is COc1ccccc1CNc1ccc(NC(=O)c2ccccc2F)cn1. The Hall–Kier alpha value is -3.41. The van der Waals surface area contributed by atoms with E-state index in [1.54, 1.807) is 25.3 Å². The molecule has 3 aromatic rings. The maximum Gasteiger partial charge on any atom is 0.258 e. The number of hydrogen-bond acceptors (Lipinski definition) is 4. The molecule has 0 aliphatic rings. The highest BCUT2D eigenvalue weighted by Crippen LogP contribution is 2.19. The number of amides is 1. The van der Waals surface area contributed by atoms with Gasteiger partial charge in [0.1, 0.15) is 17.4 Å². The molecule has 0 saturated carbocycles. The van der Waals surface area contributed by atoms with Crippen LogP contribution in [0.1, 0.15) is 15.9 Å². The fourth-order valence-electron chi connectivity index (χ4n) is 2.45. The van der Waals surface area contributed by atoms with E-state index in [2.05, 4.69) is 15.6 Å². The van der Waals surface area contributed by atoms with E-state index in [4.69, 9.17) is 4.74 Å². The molecule has 6 heteroatoms. The molecule has 0 saturated heterocycles. The van der Waals surface area contributed by atoms with Crippen LogP contribution in [0.25, 0.3) is 0 Å². The topological polar surface area (TPSA) is 63.2 Å². The molecule has 0 aliphatic heterocycles. The van der Waals surface area contributed by atoms with Gasteiger partial charge in [-0.25, -0.2) is 9.37 Å². The number of hydrogen-bond donors (Lipinski definition) is 2. The number of para-hydroxylation sites is 1. The van der Waals surface area contributed by atoms with E-state index in [0.717, 1.165) is 11.3 Å². The lowest BCUT2D eigenvalue weighted by Crippen LogP contribution is -2.14. The summed E-state index contributed by atoms with van der Waals surface area (Å²) in [4.78, 5) is 16.4. The summed E-state index contributed by atoms with van der Waals surface area (Å²) in [6.07, 6.45) is 1.52. The van der Waals surface area contributed by atoms with Gasteiger partial charge >= 0.3 is 0 Å². The van der Waals surface area contributed by atoms with Gasteiger partial charge in [-0.15, -0.1) is 0 Å². The van der Waals surface area contributed by atoms with E-state index in [-0.39, 0.29) is 5.56 Å². The molecule has 0 aliphatic carbocycles. The van der Waals surface area contributed by atoms with Crippen molar-refractivity contribution in [2.75, 3.05) is 17.7 Å². The Morgan fingerprint density at radius 3 is 2.58 bits per heavy atom. The van der Waals surface area contributed by atoms with Gasteiger partial charge in [-0.2, -0.15) is 0 Å². The molecule has 0 fully saturated rings. The summed E-state index contributed by atoms with van der Waals surface area (Å²) in [6, 6.07) is 17.0. The lowest BCUT2D eigenvalue weighted by atomic mass is 10.2. The Morgan fingerprint density at radius 1 is 1.08 bits per heavy atom. The second-order valence-electron chi connectivity index (χ2n) is 5.53. The largest absolute Gasteiger partial charge is 0.496 e. The van der Waals surface area contributed by atoms with Crippen molar-refractivity contribution in [1.29, 1.82) is 0 Å². The third-order valence-corrected chi connectivity index (χ3v) is 3.79. The second-order valence-corrected chi connectivity index (χ2v) is 5.53. The molecule has 0 spiro atoms. The molecule has 26 heavy (non-hydrogen) atoms. The standard InChI is InChI=1S/C20H18FN3O2/c1-26-18-9-5-2-6-14(18)12-22-19-11-10-15(13-23-19)24-20(25)16-7-3-4-8-17(16)21/h2-11,13H,12H2,1H3,(H,22,23)(H,24,25). The average molecular weight is 351 g/mol. The smallest absolute Gasteiger partial charge is 0.258 e. The van der Waals surface area contributed by atoms with Gasteiger partial charge in [0, 0.05) is 12.1 Å². The van der Waals surface area contributed by atoms with Crippen molar-refractivity contribution in [3.8, 4) is 5.75 Å². The van der Waals surface area contributed by atoms with Crippen molar-refractivity contribution in [2.24, 2.45) is 0 Å². The molecule has 0 radical (unpaired) electrons. The van der Waals surface area contributed by atoms with E-state index < -0.39 is 11.7 Å². The average Bonchev–Trinajstić information content (AvgIpc) is 2.68. The number of nitrogens with zero attached hydrogens (tertiary/aromatic N) is 1. The van der Waals surface area contributed by atoms with Crippen molar-refractivity contribution >= 4 is 17.4 Å².